The fraction of sp³-hybridized carbons (Fsp3) is 0.320. The lowest BCUT2D eigenvalue weighted by Gasteiger charge is -2.28. The van der Waals surface area contributed by atoms with Crippen molar-refractivity contribution in [3.8, 4) is 11.3 Å². The van der Waals surface area contributed by atoms with Gasteiger partial charge in [0.2, 0.25) is 0 Å². The van der Waals surface area contributed by atoms with Crippen LogP contribution in [0.4, 0.5) is 13.2 Å². The average Bonchev–Trinajstić information content (AvgIpc) is 2.83. The van der Waals surface area contributed by atoms with Crippen LogP contribution >= 0.6 is 0 Å². The van der Waals surface area contributed by atoms with Gasteiger partial charge in [0, 0.05) is 55.2 Å². The number of aromatic nitrogens is 1. The standard InChI is InChI=1S/C25H23F3N2O5S/c1-35-24(32)22-19-13-18(36(2,33)34)6-7-21(19)29-23(15-4-3-5-16(12-15)25(26,27)28)20(22)14-30-10-8-17(31)9-11-30/h3-7,12-13H,8-11,14H2,1-2H3. The van der Waals surface area contributed by atoms with Gasteiger partial charge in [-0.1, -0.05) is 12.1 Å². The Morgan fingerprint density at radius 3 is 2.42 bits per heavy atom. The maximum absolute atomic E-state index is 13.5. The lowest BCUT2D eigenvalue weighted by molar-refractivity contribution is -0.137. The summed E-state index contributed by atoms with van der Waals surface area (Å²) in [5, 5.41) is 0.212. The number of likely N-dealkylation sites (tertiary alicyclic amines) is 1. The third-order valence-corrected chi connectivity index (χ3v) is 7.24. The Bertz CT molecular complexity index is 1460. The third-order valence-electron chi connectivity index (χ3n) is 6.13. The van der Waals surface area contributed by atoms with Crippen molar-refractivity contribution in [2.45, 2.75) is 30.5 Å². The Hall–Kier alpha value is -3.31. The first kappa shape index (κ1) is 25.8. The van der Waals surface area contributed by atoms with Crippen molar-refractivity contribution in [1.29, 1.82) is 0 Å². The molecule has 1 fully saturated rings. The Balaban J connectivity index is 2.02. The summed E-state index contributed by atoms with van der Waals surface area (Å²) < 4.78 is 69.8. The molecule has 190 valence electrons. The fourth-order valence-corrected chi connectivity index (χ4v) is 4.91. The topological polar surface area (TPSA) is 93.6 Å². The summed E-state index contributed by atoms with van der Waals surface area (Å²) in [7, 11) is -2.46. The number of pyridine rings is 1. The highest BCUT2D eigenvalue weighted by Gasteiger charge is 2.32. The summed E-state index contributed by atoms with van der Waals surface area (Å²) >= 11 is 0. The van der Waals surface area contributed by atoms with Crippen LogP contribution in [0, 0.1) is 0 Å². The fourth-order valence-electron chi connectivity index (χ4n) is 4.27. The summed E-state index contributed by atoms with van der Waals surface area (Å²) in [5.41, 5.74) is -0.0209. The molecule has 2 heterocycles. The minimum Gasteiger partial charge on any atom is -0.465 e. The number of hydrogen-bond donors (Lipinski definition) is 0. The van der Waals surface area contributed by atoms with Gasteiger partial charge in [0.05, 0.1) is 34.3 Å². The van der Waals surface area contributed by atoms with Crippen LogP contribution in [0.5, 0.6) is 0 Å². The molecular weight excluding hydrogens is 497 g/mol. The minimum absolute atomic E-state index is 0.0253. The van der Waals surface area contributed by atoms with E-state index >= 15 is 0 Å². The number of benzene rings is 2. The molecule has 0 aliphatic carbocycles. The first-order valence-electron chi connectivity index (χ1n) is 11.0. The lowest BCUT2D eigenvalue weighted by Crippen LogP contribution is -2.34. The van der Waals surface area contributed by atoms with Crippen molar-refractivity contribution in [3.05, 3.63) is 59.2 Å². The van der Waals surface area contributed by atoms with E-state index in [0.717, 1.165) is 18.4 Å². The second kappa shape index (κ2) is 9.62. The Kier molecular flexibility index (Phi) is 6.89. The highest BCUT2D eigenvalue weighted by atomic mass is 32.2. The van der Waals surface area contributed by atoms with Gasteiger partial charge in [0.1, 0.15) is 5.78 Å². The van der Waals surface area contributed by atoms with Crippen molar-refractivity contribution in [2.75, 3.05) is 26.5 Å². The first-order valence-corrected chi connectivity index (χ1v) is 12.9. The van der Waals surface area contributed by atoms with Crippen molar-refractivity contribution in [2.24, 2.45) is 0 Å². The number of Topliss-reactive ketones (excluding diaryl/α,β-unsaturated/α-hetero) is 1. The maximum Gasteiger partial charge on any atom is 0.416 e. The molecule has 3 aromatic rings. The van der Waals surface area contributed by atoms with Gasteiger partial charge in [0.25, 0.3) is 0 Å². The number of halogens is 3. The molecule has 0 bridgehead atoms. The molecule has 0 amide bonds. The molecule has 0 radical (unpaired) electrons. The summed E-state index contributed by atoms with van der Waals surface area (Å²) in [6.45, 7) is 0.918. The summed E-state index contributed by atoms with van der Waals surface area (Å²) in [5.74, 6) is -0.670. The molecule has 36 heavy (non-hydrogen) atoms. The van der Waals surface area contributed by atoms with E-state index in [1.165, 1.54) is 37.4 Å². The second-order valence-electron chi connectivity index (χ2n) is 8.65. The molecule has 1 aliphatic heterocycles. The van der Waals surface area contributed by atoms with Gasteiger partial charge < -0.3 is 4.74 Å². The van der Waals surface area contributed by atoms with Gasteiger partial charge in [-0.25, -0.2) is 18.2 Å². The van der Waals surface area contributed by atoms with Crippen LogP contribution in [0.25, 0.3) is 22.2 Å². The molecule has 0 saturated carbocycles. The summed E-state index contributed by atoms with van der Waals surface area (Å²) in [6, 6.07) is 8.71. The zero-order valence-corrected chi connectivity index (χ0v) is 20.4. The van der Waals surface area contributed by atoms with Crippen LogP contribution < -0.4 is 0 Å². The van der Waals surface area contributed by atoms with E-state index in [9.17, 15) is 31.2 Å². The van der Waals surface area contributed by atoms with Crippen LogP contribution in [0.1, 0.15) is 34.3 Å². The average molecular weight is 521 g/mol. The number of fused-ring (bicyclic) bond motifs is 1. The Morgan fingerprint density at radius 1 is 1.11 bits per heavy atom. The van der Waals surface area contributed by atoms with E-state index in [4.69, 9.17) is 4.74 Å². The predicted octanol–water partition coefficient (Wildman–Crippen LogP) is 4.28. The summed E-state index contributed by atoms with van der Waals surface area (Å²) in [4.78, 5) is 31.3. The maximum atomic E-state index is 13.5. The number of nitrogens with zero attached hydrogens (tertiary/aromatic N) is 2. The number of alkyl halides is 3. The molecule has 0 unspecified atom stereocenters. The SMILES string of the molecule is COC(=O)c1c(CN2CCC(=O)CC2)c(-c2cccc(C(F)(F)F)c2)nc2ccc(S(C)(=O)=O)cc12. The van der Waals surface area contributed by atoms with E-state index in [0.29, 0.717) is 31.5 Å². The number of methoxy groups -OCH3 is 1. The largest absolute Gasteiger partial charge is 0.465 e. The van der Waals surface area contributed by atoms with Gasteiger partial charge in [-0.05, 0) is 30.3 Å². The lowest BCUT2D eigenvalue weighted by atomic mass is 9.94. The van der Waals surface area contributed by atoms with E-state index in [-0.39, 0.29) is 44.9 Å². The smallest absolute Gasteiger partial charge is 0.416 e. The number of ketones is 1. The zero-order valence-electron chi connectivity index (χ0n) is 19.6. The van der Waals surface area contributed by atoms with Gasteiger partial charge in [-0.3, -0.25) is 9.69 Å². The number of esters is 1. The van der Waals surface area contributed by atoms with Crippen LogP contribution in [0.15, 0.2) is 47.4 Å². The van der Waals surface area contributed by atoms with Crippen LogP contribution in [0.2, 0.25) is 0 Å². The van der Waals surface area contributed by atoms with Crippen molar-refractivity contribution < 1.29 is 35.9 Å². The minimum atomic E-state index is -4.59. The van der Waals surface area contributed by atoms with E-state index in [1.807, 2.05) is 4.90 Å². The molecule has 2 aromatic carbocycles. The highest BCUT2D eigenvalue weighted by molar-refractivity contribution is 7.90. The molecule has 0 N–H and O–H groups in total. The number of hydrogen-bond acceptors (Lipinski definition) is 7. The van der Waals surface area contributed by atoms with E-state index < -0.39 is 27.5 Å². The Labute approximate surface area is 205 Å². The second-order valence-corrected chi connectivity index (χ2v) is 10.7. The van der Waals surface area contributed by atoms with Gasteiger partial charge in [-0.15, -0.1) is 0 Å². The predicted molar refractivity (Wildman–Crippen MR) is 126 cm³/mol. The normalized spacial score (nSPS) is 15.3. The van der Waals surface area contributed by atoms with Crippen LogP contribution in [-0.4, -0.2) is 56.5 Å². The molecule has 7 nitrogen and oxygen atoms in total. The molecule has 4 rings (SSSR count). The first-order chi connectivity index (χ1) is 16.9. The molecule has 1 aliphatic rings. The third kappa shape index (κ3) is 5.26. The van der Waals surface area contributed by atoms with E-state index in [2.05, 4.69) is 4.98 Å². The number of piperidine rings is 1. The quantitative estimate of drug-likeness (QED) is 0.464. The van der Waals surface area contributed by atoms with E-state index in [1.54, 1.807) is 0 Å². The van der Waals surface area contributed by atoms with Crippen molar-refractivity contribution >= 4 is 32.5 Å². The Morgan fingerprint density at radius 2 is 1.81 bits per heavy atom. The van der Waals surface area contributed by atoms with Gasteiger partial charge in [-0.2, -0.15) is 13.2 Å². The number of rotatable bonds is 5. The van der Waals surface area contributed by atoms with Gasteiger partial charge in [0.15, 0.2) is 9.84 Å². The molecule has 11 heteroatoms. The monoisotopic (exact) mass is 520 g/mol. The number of carbonyl (C=O) groups is 2. The summed E-state index contributed by atoms with van der Waals surface area (Å²) in [6.07, 6.45) is -2.94. The highest BCUT2D eigenvalue weighted by Crippen LogP contribution is 2.36. The number of sulfone groups is 1. The zero-order chi connectivity index (χ0) is 26.3. The molecule has 1 aromatic heterocycles. The number of ether oxygens (including phenoxy) is 1. The molecular formula is C25H23F3N2O5S. The molecule has 0 spiro atoms. The van der Waals surface area contributed by atoms with Crippen molar-refractivity contribution in [3.63, 3.8) is 0 Å². The number of carbonyl (C=O) groups excluding carboxylic acids is 2. The molecule has 1 saturated heterocycles. The van der Waals surface area contributed by atoms with Crippen LogP contribution in [-0.2, 0) is 32.1 Å². The van der Waals surface area contributed by atoms with Crippen LogP contribution in [0.3, 0.4) is 0 Å². The van der Waals surface area contributed by atoms with Crippen molar-refractivity contribution in [1.82, 2.24) is 9.88 Å². The molecule has 0 atom stereocenters. The van der Waals surface area contributed by atoms with Gasteiger partial charge >= 0.3 is 12.1 Å².